The van der Waals surface area contributed by atoms with Gasteiger partial charge in [-0.1, -0.05) is 12.2 Å². The van der Waals surface area contributed by atoms with E-state index in [1.54, 1.807) is 0 Å². The van der Waals surface area contributed by atoms with E-state index in [4.69, 9.17) is 4.98 Å². The van der Waals surface area contributed by atoms with Crippen molar-refractivity contribution in [3.8, 4) is 0 Å². The van der Waals surface area contributed by atoms with E-state index in [9.17, 15) is 0 Å². The molecule has 3 rings (SSSR count). The van der Waals surface area contributed by atoms with Gasteiger partial charge in [0.05, 0.1) is 0 Å². The van der Waals surface area contributed by atoms with E-state index >= 15 is 0 Å². The van der Waals surface area contributed by atoms with Gasteiger partial charge < -0.3 is 5.32 Å². The molecule has 0 amide bonds. The summed E-state index contributed by atoms with van der Waals surface area (Å²) < 4.78 is 0. The van der Waals surface area contributed by atoms with E-state index in [2.05, 4.69) is 28.7 Å². The molecule has 120 valence electrons. The van der Waals surface area contributed by atoms with Gasteiger partial charge in [-0.15, -0.1) is 0 Å². The van der Waals surface area contributed by atoms with Crippen LogP contribution in [0.2, 0.25) is 0 Å². The van der Waals surface area contributed by atoms with Crippen molar-refractivity contribution in [2.45, 2.75) is 58.4 Å². The maximum atomic E-state index is 4.70. The van der Waals surface area contributed by atoms with Crippen molar-refractivity contribution >= 4 is 5.82 Å². The standard InChI is InChI=1S/C18H28N4/c1-13(2)12-22-10-8-15(9-11-22)21-18-16-6-4-5-7-17(16)19-14(3)20-18/h15H,1,4-12H2,2-3H3,(H,19,20,21). The molecule has 0 saturated carbocycles. The van der Waals surface area contributed by atoms with Crippen molar-refractivity contribution in [1.29, 1.82) is 0 Å². The zero-order chi connectivity index (χ0) is 15.5. The Morgan fingerprint density at radius 3 is 2.68 bits per heavy atom. The first-order chi connectivity index (χ1) is 10.6. The summed E-state index contributed by atoms with van der Waals surface area (Å²) in [5.41, 5.74) is 3.91. The lowest BCUT2D eigenvalue weighted by atomic mass is 9.95. The van der Waals surface area contributed by atoms with Gasteiger partial charge in [-0.25, -0.2) is 9.97 Å². The summed E-state index contributed by atoms with van der Waals surface area (Å²) in [6.07, 6.45) is 7.15. The maximum absolute atomic E-state index is 4.70. The molecule has 0 spiro atoms. The summed E-state index contributed by atoms with van der Waals surface area (Å²) in [5, 5.41) is 3.72. The molecule has 0 radical (unpaired) electrons. The predicted octanol–water partition coefficient (Wildman–Crippen LogP) is 3.12. The van der Waals surface area contributed by atoms with Gasteiger partial charge >= 0.3 is 0 Å². The SMILES string of the molecule is C=C(C)CN1CCC(Nc2nc(C)nc3c2CCCC3)CC1. The molecule has 0 atom stereocenters. The number of hydrogen-bond acceptors (Lipinski definition) is 4. The Morgan fingerprint density at radius 1 is 1.23 bits per heavy atom. The van der Waals surface area contributed by atoms with Crippen LogP contribution < -0.4 is 5.32 Å². The second-order valence-corrected chi connectivity index (χ2v) is 6.90. The molecule has 1 aliphatic carbocycles. The van der Waals surface area contributed by atoms with Crippen molar-refractivity contribution in [1.82, 2.24) is 14.9 Å². The second kappa shape index (κ2) is 6.78. The predicted molar refractivity (Wildman–Crippen MR) is 91.3 cm³/mol. The minimum absolute atomic E-state index is 0.543. The third-order valence-corrected chi connectivity index (χ3v) is 4.72. The third-order valence-electron chi connectivity index (χ3n) is 4.72. The van der Waals surface area contributed by atoms with Crippen LogP contribution in [0.5, 0.6) is 0 Å². The zero-order valence-corrected chi connectivity index (χ0v) is 14.0. The molecule has 2 aliphatic rings. The van der Waals surface area contributed by atoms with Gasteiger partial charge in [0.25, 0.3) is 0 Å². The molecule has 1 fully saturated rings. The largest absolute Gasteiger partial charge is 0.367 e. The smallest absolute Gasteiger partial charge is 0.133 e. The molecule has 0 bridgehead atoms. The Kier molecular flexibility index (Phi) is 4.77. The monoisotopic (exact) mass is 300 g/mol. The van der Waals surface area contributed by atoms with Gasteiger partial charge in [-0.3, -0.25) is 4.90 Å². The molecule has 1 N–H and O–H groups in total. The minimum Gasteiger partial charge on any atom is -0.367 e. The Bertz CT molecular complexity index is 544. The fraction of sp³-hybridized carbons (Fsp3) is 0.667. The third kappa shape index (κ3) is 3.67. The molecule has 4 heteroatoms. The van der Waals surface area contributed by atoms with Gasteiger partial charge in [0, 0.05) is 36.9 Å². The number of rotatable bonds is 4. The van der Waals surface area contributed by atoms with Gasteiger partial charge in [-0.05, 0) is 52.4 Å². The summed E-state index contributed by atoms with van der Waals surface area (Å²) in [6.45, 7) is 11.5. The number of piperidine rings is 1. The second-order valence-electron chi connectivity index (χ2n) is 6.90. The quantitative estimate of drug-likeness (QED) is 0.868. The summed E-state index contributed by atoms with van der Waals surface area (Å²) >= 11 is 0. The highest BCUT2D eigenvalue weighted by Crippen LogP contribution is 2.27. The van der Waals surface area contributed by atoms with E-state index in [0.717, 1.165) is 44.1 Å². The van der Waals surface area contributed by atoms with Crippen molar-refractivity contribution < 1.29 is 0 Å². The van der Waals surface area contributed by atoms with E-state index in [0.29, 0.717) is 6.04 Å². The number of aromatic nitrogens is 2. The van der Waals surface area contributed by atoms with Crippen molar-refractivity contribution in [2.75, 3.05) is 25.0 Å². The molecule has 1 saturated heterocycles. The average molecular weight is 300 g/mol. The number of anilines is 1. The van der Waals surface area contributed by atoms with Crippen LogP contribution in [0.15, 0.2) is 12.2 Å². The van der Waals surface area contributed by atoms with Crippen LogP contribution in [0.4, 0.5) is 5.82 Å². The van der Waals surface area contributed by atoms with Gasteiger partial charge in [0.15, 0.2) is 0 Å². The molecule has 4 nitrogen and oxygen atoms in total. The number of fused-ring (bicyclic) bond motifs is 1. The molecule has 0 unspecified atom stereocenters. The average Bonchev–Trinajstić information content (AvgIpc) is 2.48. The summed E-state index contributed by atoms with van der Waals surface area (Å²) in [6, 6.07) is 0.543. The van der Waals surface area contributed by atoms with E-state index in [1.807, 2.05) is 6.92 Å². The fourth-order valence-corrected chi connectivity index (χ4v) is 3.65. The van der Waals surface area contributed by atoms with Crippen molar-refractivity contribution in [2.24, 2.45) is 0 Å². The minimum atomic E-state index is 0.543. The maximum Gasteiger partial charge on any atom is 0.133 e. The van der Waals surface area contributed by atoms with Crippen LogP contribution in [0.3, 0.4) is 0 Å². The summed E-state index contributed by atoms with van der Waals surface area (Å²) in [4.78, 5) is 11.8. The Hall–Kier alpha value is -1.42. The van der Waals surface area contributed by atoms with Crippen LogP contribution in [0, 0.1) is 6.92 Å². The van der Waals surface area contributed by atoms with Gasteiger partial charge in [0.1, 0.15) is 11.6 Å². The van der Waals surface area contributed by atoms with Crippen LogP contribution in [-0.2, 0) is 12.8 Å². The lowest BCUT2D eigenvalue weighted by Gasteiger charge is -2.33. The Balaban J connectivity index is 1.65. The highest BCUT2D eigenvalue weighted by Gasteiger charge is 2.22. The number of nitrogens with one attached hydrogen (secondary N) is 1. The molecule has 1 aromatic heterocycles. The first-order valence-corrected chi connectivity index (χ1v) is 8.61. The lowest BCUT2D eigenvalue weighted by Crippen LogP contribution is -2.40. The molecule has 1 aliphatic heterocycles. The topological polar surface area (TPSA) is 41.0 Å². The van der Waals surface area contributed by atoms with Crippen LogP contribution >= 0.6 is 0 Å². The van der Waals surface area contributed by atoms with Gasteiger partial charge in [0.2, 0.25) is 0 Å². The van der Waals surface area contributed by atoms with Crippen molar-refractivity contribution in [3.63, 3.8) is 0 Å². The molecular weight excluding hydrogens is 272 g/mol. The van der Waals surface area contributed by atoms with E-state index < -0.39 is 0 Å². The summed E-state index contributed by atoms with van der Waals surface area (Å²) in [7, 11) is 0. The Morgan fingerprint density at radius 2 is 1.95 bits per heavy atom. The normalized spacial score (nSPS) is 19.7. The van der Waals surface area contributed by atoms with Crippen LogP contribution in [-0.4, -0.2) is 40.5 Å². The van der Waals surface area contributed by atoms with Gasteiger partial charge in [-0.2, -0.15) is 0 Å². The first kappa shape index (κ1) is 15.5. The molecule has 0 aromatic carbocycles. The number of aryl methyl sites for hydroxylation is 2. The number of likely N-dealkylation sites (tertiary alicyclic amines) is 1. The Labute approximate surface area is 134 Å². The molecule has 1 aromatic rings. The highest BCUT2D eigenvalue weighted by molar-refractivity contribution is 5.48. The lowest BCUT2D eigenvalue weighted by molar-refractivity contribution is 0.235. The van der Waals surface area contributed by atoms with E-state index in [-0.39, 0.29) is 0 Å². The summed E-state index contributed by atoms with van der Waals surface area (Å²) in [5.74, 6) is 2.02. The fourth-order valence-electron chi connectivity index (χ4n) is 3.65. The number of hydrogen-bond donors (Lipinski definition) is 1. The first-order valence-electron chi connectivity index (χ1n) is 8.61. The van der Waals surface area contributed by atoms with Crippen LogP contribution in [0.25, 0.3) is 0 Å². The highest BCUT2D eigenvalue weighted by atomic mass is 15.2. The van der Waals surface area contributed by atoms with E-state index in [1.165, 1.54) is 42.5 Å². The molecular formula is C18H28N4. The van der Waals surface area contributed by atoms with Crippen molar-refractivity contribution in [3.05, 3.63) is 29.2 Å². The molecule has 2 heterocycles. The van der Waals surface area contributed by atoms with Crippen LogP contribution in [0.1, 0.15) is 49.7 Å². The zero-order valence-electron chi connectivity index (χ0n) is 14.0. The molecule has 22 heavy (non-hydrogen) atoms. The number of nitrogens with zero attached hydrogens (tertiary/aromatic N) is 3.